The Hall–Kier alpha value is -1.43. The molecule has 1 atom stereocenters. The second-order valence-electron chi connectivity index (χ2n) is 6.88. The molecule has 3 nitrogen and oxygen atoms in total. The van der Waals surface area contributed by atoms with E-state index in [2.05, 4.69) is 10.7 Å². The molecule has 1 aromatic carbocycles. The number of halogens is 2. The number of piperidine rings is 1. The van der Waals surface area contributed by atoms with Crippen molar-refractivity contribution in [1.82, 2.24) is 10.2 Å². The SMILES string of the molecule is Cl.O=C(c1ccccc1F)N(Cc1ccsc1)C1CC12CCNCC2. The summed E-state index contributed by atoms with van der Waals surface area (Å²) < 4.78 is 14.1. The van der Waals surface area contributed by atoms with Crippen molar-refractivity contribution in [3.05, 3.63) is 58.0 Å². The Kier molecular flexibility index (Phi) is 5.46. The Morgan fingerprint density at radius 1 is 1.28 bits per heavy atom. The molecule has 2 fully saturated rings. The minimum Gasteiger partial charge on any atom is -0.331 e. The van der Waals surface area contributed by atoms with Gasteiger partial charge in [-0.2, -0.15) is 11.3 Å². The summed E-state index contributed by atoms with van der Waals surface area (Å²) >= 11 is 1.63. The van der Waals surface area contributed by atoms with Gasteiger partial charge in [-0.3, -0.25) is 4.79 Å². The van der Waals surface area contributed by atoms with Crippen molar-refractivity contribution < 1.29 is 9.18 Å². The summed E-state index contributed by atoms with van der Waals surface area (Å²) in [6.45, 7) is 2.59. The summed E-state index contributed by atoms with van der Waals surface area (Å²) in [6.07, 6.45) is 3.24. The molecule has 1 aliphatic carbocycles. The number of carbonyl (C=O) groups is 1. The molecule has 2 aliphatic rings. The van der Waals surface area contributed by atoms with Gasteiger partial charge in [-0.1, -0.05) is 12.1 Å². The van der Waals surface area contributed by atoms with E-state index in [1.165, 1.54) is 6.07 Å². The summed E-state index contributed by atoms with van der Waals surface area (Å²) in [5.74, 6) is -0.613. The van der Waals surface area contributed by atoms with Gasteiger partial charge < -0.3 is 10.2 Å². The zero-order valence-electron chi connectivity index (χ0n) is 13.9. The molecule has 2 heterocycles. The van der Waals surface area contributed by atoms with Crippen LogP contribution in [0.4, 0.5) is 4.39 Å². The van der Waals surface area contributed by atoms with Gasteiger partial charge in [0.2, 0.25) is 0 Å². The maximum Gasteiger partial charge on any atom is 0.257 e. The molecule has 2 aromatic rings. The van der Waals surface area contributed by atoms with Gasteiger partial charge in [0, 0.05) is 12.6 Å². The highest BCUT2D eigenvalue weighted by Gasteiger charge is 2.57. The molecular formula is C19H22ClFN2OS. The number of carbonyl (C=O) groups excluding carboxylic acids is 1. The lowest BCUT2D eigenvalue weighted by molar-refractivity contribution is 0.0687. The van der Waals surface area contributed by atoms with E-state index in [-0.39, 0.29) is 35.3 Å². The van der Waals surface area contributed by atoms with E-state index in [9.17, 15) is 9.18 Å². The van der Waals surface area contributed by atoms with Crippen LogP contribution in [0.15, 0.2) is 41.1 Å². The molecule has 0 radical (unpaired) electrons. The molecule has 134 valence electrons. The molecule has 25 heavy (non-hydrogen) atoms. The van der Waals surface area contributed by atoms with Gasteiger partial charge in [0.15, 0.2) is 0 Å². The van der Waals surface area contributed by atoms with Gasteiger partial charge in [-0.25, -0.2) is 4.39 Å². The van der Waals surface area contributed by atoms with Crippen molar-refractivity contribution in [2.45, 2.75) is 31.8 Å². The molecule has 6 heteroatoms. The van der Waals surface area contributed by atoms with Crippen LogP contribution in [0.5, 0.6) is 0 Å². The topological polar surface area (TPSA) is 32.3 Å². The first-order valence-corrected chi connectivity index (χ1v) is 9.41. The van der Waals surface area contributed by atoms with Gasteiger partial charge in [0.1, 0.15) is 5.82 Å². The standard InChI is InChI=1S/C19H21FN2OS.ClH/c20-16-4-2-1-3-15(16)18(23)22(12-14-5-10-24-13-14)17-11-19(17)6-8-21-9-7-19;/h1-5,10,13,17,21H,6-9,11-12H2;1H. The fraction of sp³-hybridized carbons (Fsp3) is 0.421. The van der Waals surface area contributed by atoms with Crippen LogP contribution in [0.3, 0.4) is 0 Å². The number of benzene rings is 1. The molecule has 1 amide bonds. The molecule has 1 spiro atoms. The Morgan fingerprint density at radius 2 is 2.04 bits per heavy atom. The molecule has 0 bridgehead atoms. The van der Waals surface area contributed by atoms with Crippen LogP contribution in [0.25, 0.3) is 0 Å². The Bertz CT molecular complexity index is 731. The average Bonchev–Trinajstić information content (AvgIpc) is 3.04. The molecule has 4 rings (SSSR count). The van der Waals surface area contributed by atoms with Gasteiger partial charge in [0.05, 0.1) is 5.56 Å². The van der Waals surface area contributed by atoms with E-state index >= 15 is 0 Å². The van der Waals surface area contributed by atoms with Crippen molar-refractivity contribution in [2.75, 3.05) is 13.1 Å². The highest BCUT2D eigenvalue weighted by atomic mass is 35.5. The number of amides is 1. The van der Waals surface area contributed by atoms with Gasteiger partial charge >= 0.3 is 0 Å². The van der Waals surface area contributed by atoms with Crippen molar-refractivity contribution >= 4 is 29.7 Å². The quantitative estimate of drug-likeness (QED) is 0.866. The minimum absolute atomic E-state index is 0. The number of nitrogens with zero attached hydrogens (tertiary/aromatic N) is 1. The van der Waals surface area contributed by atoms with Crippen molar-refractivity contribution in [3.63, 3.8) is 0 Å². The number of rotatable bonds is 4. The van der Waals surface area contributed by atoms with Crippen LogP contribution in [0.2, 0.25) is 0 Å². The molecular weight excluding hydrogens is 359 g/mol. The fourth-order valence-electron chi connectivity index (χ4n) is 3.92. The van der Waals surface area contributed by atoms with Crippen LogP contribution < -0.4 is 5.32 Å². The monoisotopic (exact) mass is 380 g/mol. The summed E-state index contributed by atoms with van der Waals surface area (Å²) in [5, 5.41) is 7.48. The first-order valence-electron chi connectivity index (χ1n) is 8.47. The fourth-order valence-corrected chi connectivity index (χ4v) is 4.58. The zero-order valence-corrected chi connectivity index (χ0v) is 15.5. The molecule has 1 N–H and O–H groups in total. The zero-order chi connectivity index (χ0) is 16.6. The second kappa shape index (κ2) is 7.44. The average molecular weight is 381 g/mol. The Morgan fingerprint density at radius 3 is 2.72 bits per heavy atom. The lowest BCUT2D eigenvalue weighted by Crippen LogP contribution is -2.39. The Labute approximate surface area is 157 Å². The summed E-state index contributed by atoms with van der Waals surface area (Å²) in [7, 11) is 0. The Balaban J connectivity index is 0.00000182. The van der Waals surface area contributed by atoms with Gasteiger partial charge in [0.25, 0.3) is 5.91 Å². The van der Waals surface area contributed by atoms with Crippen LogP contribution in [0, 0.1) is 11.2 Å². The maximum atomic E-state index is 14.1. The number of hydrogen-bond acceptors (Lipinski definition) is 3. The molecule has 1 aliphatic heterocycles. The lowest BCUT2D eigenvalue weighted by Gasteiger charge is -2.29. The van der Waals surface area contributed by atoms with E-state index in [4.69, 9.17) is 0 Å². The largest absolute Gasteiger partial charge is 0.331 e. The van der Waals surface area contributed by atoms with E-state index in [0.29, 0.717) is 6.54 Å². The normalized spacial score (nSPS) is 20.8. The number of thiophene rings is 1. The third kappa shape index (κ3) is 3.59. The third-order valence-corrected chi connectivity index (χ3v) is 6.15. The summed E-state index contributed by atoms with van der Waals surface area (Å²) in [6, 6.07) is 8.59. The van der Waals surface area contributed by atoms with E-state index < -0.39 is 5.82 Å². The van der Waals surface area contributed by atoms with Crippen LogP contribution in [-0.2, 0) is 6.54 Å². The van der Waals surface area contributed by atoms with E-state index in [1.807, 2.05) is 16.3 Å². The first kappa shape index (κ1) is 18.4. The number of hydrogen-bond donors (Lipinski definition) is 1. The second-order valence-corrected chi connectivity index (χ2v) is 7.66. The highest BCUT2D eigenvalue weighted by Crippen LogP contribution is 2.56. The van der Waals surface area contributed by atoms with Crippen LogP contribution in [-0.4, -0.2) is 29.9 Å². The molecule has 1 unspecified atom stereocenters. The van der Waals surface area contributed by atoms with Crippen molar-refractivity contribution in [2.24, 2.45) is 5.41 Å². The van der Waals surface area contributed by atoms with Gasteiger partial charge in [-0.05, 0) is 72.3 Å². The van der Waals surface area contributed by atoms with Crippen LogP contribution >= 0.6 is 23.7 Å². The first-order chi connectivity index (χ1) is 11.7. The van der Waals surface area contributed by atoms with E-state index in [0.717, 1.165) is 37.9 Å². The summed E-state index contributed by atoms with van der Waals surface area (Å²) in [5.41, 5.74) is 1.55. The molecule has 1 saturated carbocycles. The van der Waals surface area contributed by atoms with E-state index in [1.54, 1.807) is 29.5 Å². The van der Waals surface area contributed by atoms with Crippen LogP contribution in [0.1, 0.15) is 35.2 Å². The smallest absolute Gasteiger partial charge is 0.257 e. The van der Waals surface area contributed by atoms with Gasteiger partial charge in [-0.15, -0.1) is 12.4 Å². The third-order valence-electron chi connectivity index (χ3n) is 5.42. The predicted octanol–water partition coefficient (Wildman–Crippen LogP) is 4.09. The predicted molar refractivity (Wildman–Crippen MR) is 101 cm³/mol. The van der Waals surface area contributed by atoms with Crippen molar-refractivity contribution in [1.29, 1.82) is 0 Å². The summed E-state index contributed by atoms with van der Waals surface area (Å²) in [4.78, 5) is 15.0. The number of nitrogens with one attached hydrogen (secondary N) is 1. The minimum atomic E-state index is -0.433. The van der Waals surface area contributed by atoms with Crippen molar-refractivity contribution in [3.8, 4) is 0 Å². The molecule has 1 saturated heterocycles. The maximum absolute atomic E-state index is 14.1. The lowest BCUT2D eigenvalue weighted by atomic mass is 9.93. The highest BCUT2D eigenvalue weighted by molar-refractivity contribution is 7.07. The molecule has 1 aromatic heterocycles.